The Kier molecular flexibility index (Phi) is 3.72. The number of rotatable bonds is 4. The molecule has 2 nitrogen and oxygen atoms in total. The first-order valence-electron chi connectivity index (χ1n) is 4.72. The molecule has 0 bridgehead atoms. The second-order valence-corrected chi connectivity index (χ2v) is 3.47. The molecule has 0 aliphatic carbocycles. The van der Waals surface area contributed by atoms with Crippen LogP contribution >= 0.6 is 0 Å². The molecule has 1 aromatic rings. The summed E-state index contributed by atoms with van der Waals surface area (Å²) in [6, 6.07) is 5.34. The topological polar surface area (TPSA) is 40.5 Å². The normalized spacial score (nSPS) is 12.4. The Balaban J connectivity index is 2.93. The highest BCUT2D eigenvalue weighted by atomic mass is 16.3. The third-order valence-electron chi connectivity index (χ3n) is 2.36. The van der Waals surface area contributed by atoms with Gasteiger partial charge in [0.25, 0.3) is 0 Å². The van der Waals surface area contributed by atoms with Gasteiger partial charge in [0.1, 0.15) is 5.75 Å². The van der Waals surface area contributed by atoms with Crippen molar-refractivity contribution >= 4 is 0 Å². The number of benzene rings is 1. The van der Waals surface area contributed by atoms with Crippen molar-refractivity contribution < 1.29 is 10.2 Å². The van der Waals surface area contributed by atoms with E-state index in [-0.39, 0.29) is 12.4 Å². The zero-order valence-corrected chi connectivity index (χ0v) is 8.40. The van der Waals surface area contributed by atoms with Crippen molar-refractivity contribution in [2.75, 3.05) is 0 Å². The molecular weight excluding hydrogens is 176 g/mol. The second-order valence-electron chi connectivity index (χ2n) is 3.47. The van der Waals surface area contributed by atoms with Gasteiger partial charge in [0.05, 0.1) is 6.61 Å². The molecule has 1 unspecified atom stereocenters. The van der Waals surface area contributed by atoms with E-state index in [1.165, 1.54) is 0 Å². The summed E-state index contributed by atoms with van der Waals surface area (Å²) in [6.07, 6.45) is 2.77. The van der Waals surface area contributed by atoms with Gasteiger partial charge in [-0.25, -0.2) is 0 Å². The standard InChI is InChI=1S/C12H16O2/c1-3-4-9(2)10-5-6-12(14)11(7-10)8-13/h3,5-7,9,13-14H,1,4,8H2,2H3. The van der Waals surface area contributed by atoms with E-state index in [1.807, 2.05) is 18.2 Å². The van der Waals surface area contributed by atoms with Crippen molar-refractivity contribution in [2.24, 2.45) is 0 Å². The molecular formula is C12H16O2. The molecule has 1 atom stereocenters. The van der Waals surface area contributed by atoms with E-state index in [2.05, 4.69) is 13.5 Å². The molecule has 0 saturated heterocycles. The Labute approximate surface area is 84.5 Å². The molecule has 0 spiro atoms. The molecule has 0 aliphatic heterocycles. The van der Waals surface area contributed by atoms with Gasteiger partial charge in [-0.05, 0) is 30.0 Å². The summed E-state index contributed by atoms with van der Waals surface area (Å²) in [5, 5.41) is 18.3. The van der Waals surface area contributed by atoms with Crippen LogP contribution in [0.15, 0.2) is 30.9 Å². The highest BCUT2D eigenvalue weighted by Gasteiger charge is 2.06. The zero-order chi connectivity index (χ0) is 10.6. The molecule has 0 fully saturated rings. The van der Waals surface area contributed by atoms with Gasteiger partial charge in [-0.2, -0.15) is 0 Å². The number of allylic oxidation sites excluding steroid dienone is 1. The number of hydrogen-bond donors (Lipinski definition) is 2. The highest BCUT2D eigenvalue weighted by molar-refractivity contribution is 5.37. The number of aromatic hydroxyl groups is 1. The first-order valence-corrected chi connectivity index (χ1v) is 4.72. The first kappa shape index (κ1) is 10.8. The van der Waals surface area contributed by atoms with Crippen LogP contribution in [0.5, 0.6) is 5.75 Å². The van der Waals surface area contributed by atoms with Crippen LogP contribution in [0, 0.1) is 0 Å². The van der Waals surface area contributed by atoms with Crippen LogP contribution < -0.4 is 0 Å². The largest absolute Gasteiger partial charge is 0.508 e. The maximum atomic E-state index is 9.37. The van der Waals surface area contributed by atoms with Crippen molar-refractivity contribution in [1.29, 1.82) is 0 Å². The Morgan fingerprint density at radius 3 is 2.79 bits per heavy atom. The van der Waals surface area contributed by atoms with Crippen molar-refractivity contribution in [1.82, 2.24) is 0 Å². The lowest BCUT2D eigenvalue weighted by Crippen LogP contribution is -1.94. The summed E-state index contributed by atoms with van der Waals surface area (Å²) < 4.78 is 0. The average Bonchev–Trinajstić information content (AvgIpc) is 2.19. The minimum Gasteiger partial charge on any atom is -0.508 e. The van der Waals surface area contributed by atoms with E-state index in [4.69, 9.17) is 5.11 Å². The van der Waals surface area contributed by atoms with Crippen LogP contribution in [0.1, 0.15) is 30.4 Å². The van der Waals surface area contributed by atoms with Crippen LogP contribution in [0.25, 0.3) is 0 Å². The lowest BCUT2D eigenvalue weighted by atomic mass is 9.96. The number of aliphatic hydroxyl groups is 1. The van der Waals surface area contributed by atoms with E-state index in [0.717, 1.165) is 12.0 Å². The Bertz CT molecular complexity index is 318. The smallest absolute Gasteiger partial charge is 0.121 e. The summed E-state index contributed by atoms with van der Waals surface area (Å²) in [4.78, 5) is 0. The van der Waals surface area contributed by atoms with E-state index in [1.54, 1.807) is 6.07 Å². The predicted octanol–water partition coefficient (Wildman–Crippen LogP) is 2.56. The fraction of sp³-hybridized carbons (Fsp3) is 0.333. The van der Waals surface area contributed by atoms with E-state index in [9.17, 15) is 5.11 Å². The van der Waals surface area contributed by atoms with Crippen LogP contribution in [-0.4, -0.2) is 10.2 Å². The van der Waals surface area contributed by atoms with Gasteiger partial charge in [-0.15, -0.1) is 6.58 Å². The van der Waals surface area contributed by atoms with Gasteiger partial charge in [-0.1, -0.05) is 19.1 Å². The van der Waals surface area contributed by atoms with Gasteiger partial charge in [0.15, 0.2) is 0 Å². The Hall–Kier alpha value is -1.28. The summed E-state index contributed by atoms with van der Waals surface area (Å²) >= 11 is 0. The predicted molar refractivity (Wildman–Crippen MR) is 57.3 cm³/mol. The van der Waals surface area contributed by atoms with Crippen LogP contribution in [0.4, 0.5) is 0 Å². The van der Waals surface area contributed by atoms with E-state index in [0.29, 0.717) is 11.5 Å². The average molecular weight is 192 g/mol. The zero-order valence-electron chi connectivity index (χ0n) is 8.40. The minimum atomic E-state index is -0.125. The molecule has 0 radical (unpaired) electrons. The van der Waals surface area contributed by atoms with Crippen LogP contribution in [-0.2, 0) is 6.61 Å². The fourth-order valence-electron chi connectivity index (χ4n) is 1.42. The summed E-state index contributed by atoms with van der Waals surface area (Å²) in [5.41, 5.74) is 1.70. The Morgan fingerprint density at radius 2 is 2.21 bits per heavy atom. The number of phenols is 1. The molecule has 2 heteroatoms. The maximum Gasteiger partial charge on any atom is 0.121 e. The summed E-state index contributed by atoms with van der Waals surface area (Å²) in [6.45, 7) is 5.66. The highest BCUT2D eigenvalue weighted by Crippen LogP contribution is 2.25. The molecule has 0 amide bonds. The lowest BCUT2D eigenvalue weighted by molar-refractivity contribution is 0.275. The van der Waals surface area contributed by atoms with E-state index >= 15 is 0 Å². The van der Waals surface area contributed by atoms with Crippen LogP contribution in [0.3, 0.4) is 0 Å². The molecule has 0 saturated carbocycles. The van der Waals surface area contributed by atoms with Gasteiger partial charge in [0, 0.05) is 5.56 Å². The van der Waals surface area contributed by atoms with Gasteiger partial charge in [0.2, 0.25) is 0 Å². The number of hydrogen-bond acceptors (Lipinski definition) is 2. The summed E-state index contributed by atoms with van der Waals surface area (Å²) in [7, 11) is 0. The second kappa shape index (κ2) is 4.82. The molecule has 1 rings (SSSR count). The number of aliphatic hydroxyl groups excluding tert-OH is 1. The third kappa shape index (κ3) is 2.36. The van der Waals surface area contributed by atoms with Crippen molar-refractivity contribution in [2.45, 2.75) is 25.9 Å². The summed E-state index contributed by atoms with van der Waals surface area (Å²) in [5.74, 6) is 0.528. The monoisotopic (exact) mass is 192 g/mol. The van der Waals surface area contributed by atoms with Crippen molar-refractivity contribution in [3.05, 3.63) is 42.0 Å². The van der Waals surface area contributed by atoms with Crippen molar-refractivity contribution in [3.8, 4) is 5.75 Å². The minimum absolute atomic E-state index is 0.125. The quantitative estimate of drug-likeness (QED) is 0.720. The lowest BCUT2D eigenvalue weighted by Gasteiger charge is -2.11. The Morgan fingerprint density at radius 1 is 1.50 bits per heavy atom. The van der Waals surface area contributed by atoms with Crippen LogP contribution in [0.2, 0.25) is 0 Å². The van der Waals surface area contributed by atoms with Gasteiger partial charge >= 0.3 is 0 Å². The fourth-order valence-corrected chi connectivity index (χ4v) is 1.42. The molecule has 76 valence electrons. The molecule has 1 aromatic carbocycles. The third-order valence-corrected chi connectivity index (χ3v) is 2.36. The van der Waals surface area contributed by atoms with Gasteiger partial charge in [-0.3, -0.25) is 0 Å². The molecule has 2 N–H and O–H groups in total. The molecule has 0 aromatic heterocycles. The molecule has 0 aliphatic rings. The van der Waals surface area contributed by atoms with E-state index < -0.39 is 0 Å². The molecule has 14 heavy (non-hydrogen) atoms. The first-order chi connectivity index (χ1) is 6.69. The van der Waals surface area contributed by atoms with Crippen molar-refractivity contribution in [3.63, 3.8) is 0 Å². The maximum absolute atomic E-state index is 9.37. The SMILES string of the molecule is C=CCC(C)c1ccc(O)c(CO)c1. The van der Waals surface area contributed by atoms with Gasteiger partial charge < -0.3 is 10.2 Å². The molecule has 0 heterocycles.